The Morgan fingerprint density at radius 2 is 1.86 bits per heavy atom. The van der Waals surface area contributed by atoms with E-state index in [1.54, 1.807) is 21.7 Å². The van der Waals surface area contributed by atoms with Crippen LogP contribution in [0.3, 0.4) is 0 Å². The number of carbonyl (C=O) groups is 1. The first-order chi connectivity index (χ1) is 13.9. The fraction of sp³-hybridized carbons (Fsp3) is 0.368. The molecule has 3 heterocycles. The summed E-state index contributed by atoms with van der Waals surface area (Å²) in [5, 5.41) is 8.15. The lowest BCUT2D eigenvalue weighted by Crippen LogP contribution is -2.49. The van der Waals surface area contributed by atoms with Gasteiger partial charge in [-0.3, -0.25) is 4.79 Å². The van der Waals surface area contributed by atoms with E-state index in [2.05, 4.69) is 15.3 Å². The van der Waals surface area contributed by atoms with E-state index in [-0.39, 0.29) is 5.91 Å². The number of amides is 1. The second kappa shape index (κ2) is 7.34. The van der Waals surface area contributed by atoms with Gasteiger partial charge < -0.3 is 9.80 Å². The molecule has 1 fully saturated rings. The lowest BCUT2D eigenvalue weighted by atomic mass is 10.1. The molecule has 1 saturated heterocycles. The summed E-state index contributed by atoms with van der Waals surface area (Å²) in [7, 11) is 0. The van der Waals surface area contributed by atoms with Crippen molar-refractivity contribution in [1.82, 2.24) is 24.9 Å². The van der Waals surface area contributed by atoms with Gasteiger partial charge in [-0.25, -0.2) is 9.67 Å². The van der Waals surface area contributed by atoms with Crippen molar-refractivity contribution < 1.29 is 18.0 Å². The summed E-state index contributed by atoms with van der Waals surface area (Å²) in [6.07, 6.45) is -3.56. The number of hydrogen-bond donors (Lipinski definition) is 0. The van der Waals surface area contributed by atoms with Crippen LogP contribution in [0.15, 0.2) is 36.5 Å². The van der Waals surface area contributed by atoms with Crippen LogP contribution in [0.5, 0.6) is 0 Å². The third kappa shape index (κ3) is 3.74. The summed E-state index contributed by atoms with van der Waals surface area (Å²) in [5.41, 5.74) is 1.32. The fourth-order valence-electron chi connectivity index (χ4n) is 3.40. The number of piperazine rings is 1. The molecule has 0 unspecified atom stereocenters. The lowest BCUT2D eigenvalue weighted by molar-refractivity contribution is -0.137. The number of anilines is 1. The number of nitrogens with zero attached hydrogens (tertiary/aromatic N) is 6. The Hall–Kier alpha value is -3.17. The van der Waals surface area contributed by atoms with Gasteiger partial charge in [0.2, 0.25) is 0 Å². The third-order valence-electron chi connectivity index (χ3n) is 5.03. The monoisotopic (exact) mass is 404 g/mol. The zero-order valence-electron chi connectivity index (χ0n) is 15.7. The quantitative estimate of drug-likeness (QED) is 0.672. The molecule has 29 heavy (non-hydrogen) atoms. The molecule has 1 amide bonds. The molecule has 0 spiro atoms. The van der Waals surface area contributed by atoms with Crippen LogP contribution in [0, 0.1) is 0 Å². The lowest BCUT2D eigenvalue weighted by Gasteiger charge is -2.35. The van der Waals surface area contributed by atoms with Crippen LogP contribution in [0.25, 0.3) is 11.0 Å². The normalized spacial score (nSPS) is 15.2. The second-order valence-electron chi connectivity index (χ2n) is 6.79. The van der Waals surface area contributed by atoms with Gasteiger partial charge in [0, 0.05) is 44.5 Å². The van der Waals surface area contributed by atoms with Crippen molar-refractivity contribution in [2.45, 2.75) is 19.6 Å². The van der Waals surface area contributed by atoms with Crippen molar-refractivity contribution in [2.24, 2.45) is 0 Å². The van der Waals surface area contributed by atoms with Crippen LogP contribution >= 0.6 is 0 Å². The van der Waals surface area contributed by atoms with Crippen molar-refractivity contribution in [3.63, 3.8) is 0 Å². The number of rotatable bonds is 3. The van der Waals surface area contributed by atoms with Gasteiger partial charge in [0.15, 0.2) is 0 Å². The van der Waals surface area contributed by atoms with Crippen LogP contribution in [-0.4, -0.2) is 57.0 Å². The van der Waals surface area contributed by atoms with Crippen molar-refractivity contribution >= 4 is 22.8 Å². The molecular weight excluding hydrogens is 385 g/mol. The number of aryl methyl sites for hydroxylation is 1. The summed E-state index contributed by atoms with van der Waals surface area (Å²) in [6.45, 7) is 4.58. The van der Waals surface area contributed by atoms with E-state index in [0.29, 0.717) is 49.6 Å². The molecule has 0 saturated carbocycles. The van der Waals surface area contributed by atoms with Gasteiger partial charge in [-0.2, -0.15) is 13.2 Å². The predicted molar refractivity (Wildman–Crippen MR) is 101 cm³/mol. The van der Waals surface area contributed by atoms with Crippen molar-refractivity contribution in [1.29, 1.82) is 0 Å². The Kier molecular flexibility index (Phi) is 4.85. The first-order valence-electron chi connectivity index (χ1n) is 9.27. The Balaban J connectivity index is 1.42. The van der Waals surface area contributed by atoms with Crippen LogP contribution in [0.4, 0.5) is 19.0 Å². The van der Waals surface area contributed by atoms with E-state index in [1.807, 2.05) is 17.9 Å². The Morgan fingerprint density at radius 3 is 2.48 bits per heavy atom. The number of aromatic nitrogens is 4. The highest BCUT2D eigenvalue weighted by Gasteiger charge is 2.31. The summed E-state index contributed by atoms with van der Waals surface area (Å²) >= 11 is 0. The zero-order chi connectivity index (χ0) is 20.6. The number of carbonyl (C=O) groups excluding carboxylic acids is 1. The number of benzene rings is 1. The van der Waals surface area contributed by atoms with Gasteiger partial charge in [0.05, 0.1) is 11.1 Å². The topological polar surface area (TPSA) is 67.2 Å². The minimum atomic E-state index is -4.40. The first kappa shape index (κ1) is 19.2. The maximum Gasteiger partial charge on any atom is 0.417 e. The Labute approximate surface area is 164 Å². The van der Waals surface area contributed by atoms with Gasteiger partial charge in [0.1, 0.15) is 11.3 Å². The molecule has 0 radical (unpaired) electrons. The average molecular weight is 404 g/mol. The molecule has 0 bridgehead atoms. The summed E-state index contributed by atoms with van der Waals surface area (Å²) < 4.78 is 39.8. The minimum absolute atomic E-state index is 0.0991. The molecule has 2 aromatic heterocycles. The Morgan fingerprint density at radius 1 is 1.10 bits per heavy atom. The van der Waals surface area contributed by atoms with Crippen LogP contribution < -0.4 is 4.90 Å². The summed E-state index contributed by atoms with van der Waals surface area (Å²) in [4.78, 5) is 20.4. The third-order valence-corrected chi connectivity index (χ3v) is 5.03. The maximum absolute atomic E-state index is 12.8. The molecule has 0 atom stereocenters. The molecule has 3 aromatic rings. The van der Waals surface area contributed by atoms with E-state index in [9.17, 15) is 18.0 Å². The largest absolute Gasteiger partial charge is 0.417 e. The van der Waals surface area contributed by atoms with Crippen LogP contribution in [0.1, 0.15) is 22.8 Å². The van der Waals surface area contributed by atoms with E-state index < -0.39 is 11.7 Å². The molecule has 1 aliphatic rings. The summed E-state index contributed by atoms with van der Waals surface area (Å²) in [6, 6.07) is 7.74. The molecule has 10 heteroatoms. The van der Waals surface area contributed by atoms with Gasteiger partial charge in [-0.05, 0) is 37.3 Å². The fourth-order valence-corrected chi connectivity index (χ4v) is 3.40. The molecule has 1 aromatic carbocycles. The minimum Gasteiger partial charge on any atom is -0.353 e. The number of halogens is 3. The smallest absolute Gasteiger partial charge is 0.353 e. The first-order valence-corrected chi connectivity index (χ1v) is 9.27. The molecule has 0 N–H and O–H groups in total. The van der Waals surface area contributed by atoms with Gasteiger partial charge in [0.25, 0.3) is 5.91 Å². The van der Waals surface area contributed by atoms with E-state index >= 15 is 0 Å². The van der Waals surface area contributed by atoms with Crippen LogP contribution in [-0.2, 0) is 12.7 Å². The van der Waals surface area contributed by atoms with E-state index in [0.717, 1.165) is 17.8 Å². The second-order valence-corrected chi connectivity index (χ2v) is 6.79. The highest BCUT2D eigenvalue weighted by Crippen LogP contribution is 2.29. The summed E-state index contributed by atoms with van der Waals surface area (Å²) in [5.74, 6) is 0.376. The SMILES string of the molecule is CCn1nnc2cc(C(=O)N3CCN(c4ccc(C(F)(F)F)cn4)CC3)ccc21. The van der Waals surface area contributed by atoms with E-state index in [1.165, 1.54) is 6.07 Å². The maximum atomic E-state index is 12.8. The molecule has 4 rings (SSSR count). The van der Waals surface area contributed by atoms with Gasteiger partial charge in [-0.15, -0.1) is 5.10 Å². The van der Waals surface area contributed by atoms with Gasteiger partial charge in [-0.1, -0.05) is 5.21 Å². The molecule has 0 aliphatic carbocycles. The zero-order valence-corrected chi connectivity index (χ0v) is 15.7. The predicted octanol–water partition coefficient (Wildman–Crippen LogP) is 2.83. The molecular formula is C19H19F3N6O. The molecule has 152 valence electrons. The highest BCUT2D eigenvalue weighted by molar-refractivity contribution is 5.97. The number of hydrogen-bond acceptors (Lipinski definition) is 5. The molecule has 1 aliphatic heterocycles. The van der Waals surface area contributed by atoms with Crippen molar-refractivity contribution in [3.05, 3.63) is 47.7 Å². The number of alkyl halides is 3. The van der Waals surface area contributed by atoms with Crippen LogP contribution in [0.2, 0.25) is 0 Å². The van der Waals surface area contributed by atoms with Crippen molar-refractivity contribution in [3.8, 4) is 0 Å². The van der Waals surface area contributed by atoms with Gasteiger partial charge >= 0.3 is 6.18 Å². The number of fused-ring (bicyclic) bond motifs is 1. The average Bonchev–Trinajstić information content (AvgIpc) is 3.15. The van der Waals surface area contributed by atoms with Crippen molar-refractivity contribution in [2.75, 3.05) is 31.1 Å². The van der Waals surface area contributed by atoms with E-state index in [4.69, 9.17) is 0 Å². The molecule has 7 nitrogen and oxygen atoms in total. The standard InChI is InChI=1S/C19H19F3N6O/c1-2-28-16-5-3-13(11-15(16)24-25-28)18(29)27-9-7-26(8-10-27)17-6-4-14(12-23-17)19(20,21)22/h3-6,11-12H,2,7-10H2,1H3. The highest BCUT2D eigenvalue weighted by atomic mass is 19.4. The number of pyridine rings is 1. The Bertz CT molecular complexity index is 1020.